The fourth-order valence-corrected chi connectivity index (χ4v) is 8.03. The normalized spacial score (nSPS) is 13.9. The molecule has 0 aliphatic heterocycles. The molecule has 4 amide bonds. The summed E-state index contributed by atoms with van der Waals surface area (Å²) in [7, 11) is 3.59. The van der Waals surface area contributed by atoms with E-state index >= 15 is 0 Å². The maximum Gasteiger partial charge on any atom is 0.303 e. The molecule has 0 spiro atoms. The standard InChI is InChI=1S/C43H59N7O6S2/c1-8-30(9-2)34(25-46-39(52)18-14-11-15-23-45-6)43(55)50(7)37(28(3)4)24-38(56-29(5)51)42-49-36(27-58-42)41(54)48-35(26-57-33-16-12-10-13-17-33)40(53)47-32-21-19-31(44)20-22-32/h8,10,12-13,16-17,19-22,25,27-28,30,34-35,37-38,45H,1,9,11,14-15,18,23-24,26,44H2,2-7H3,(H,47,53)(H,48,54)/t30-,34?,35-,37+,38+/m0/s1. The fourth-order valence-electron chi connectivity index (χ4n) is 6.25. The molecule has 0 aliphatic rings. The topological polar surface area (TPSA) is 185 Å². The van der Waals surface area contributed by atoms with E-state index in [2.05, 4.69) is 32.5 Å². The predicted molar refractivity (Wildman–Crippen MR) is 234 cm³/mol. The number of unbranched alkanes of at least 4 members (excludes halogenated alkanes) is 2. The molecule has 1 heterocycles. The number of rotatable bonds is 24. The number of thiazole rings is 1. The molecule has 2 aromatic carbocycles. The van der Waals surface area contributed by atoms with Gasteiger partial charge in [0, 0.05) is 66.5 Å². The van der Waals surface area contributed by atoms with E-state index in [0.717, 1.165) is 42.0 Å². The van der Waals surface area contributed by atoms with Crippen LogP contribution in [0, 0.1) is 17.8 Å². The first-order chi connectivity index (χ1) is 27.8. The molecule has 5 atom stereocenters. The molecule has 58 heavy (non-hydrogen) atoms. The number of amides is 4. The molecule has 13 nitrogen and oxygen atoms in total. The maximum absolute atomic E-state index is 14.2. The number of esters is 1. The first kappa shape index (κ1) is 47.5. The van der Waals surface area contributed by atoms with Gasteiger partial charge in [0.2, 0.25) is 17.7 Å². The van der Waals surface area contributed by atoms with Crippen LogP contribution in [0.5, 0.6) is 0 Å². The lowest BCUT2D eigenvalue weighted by Gasteiger charge is -2.36. The summed E-state index contributed by atoms with van der Waals surface area (Å²) in [5.41, 5.74) is 6.94. The number of hydrogen-bond donors (Lipinski definition) is 4. The Morgan fingerprint density at radius 3 is 2.38 bits per heavy atom. The summed E-state index contributed by atoms with van der Waals surface area (Å²) in [5, 5.41) is 10.7. The van der Waals surface area contributed by atoms with Gasteiger partial charge in [0.25, 0.3) is 5.91 Å². The molecule has 3 rings (SSSR count). The van der Waals surface area contributed by atoms with Gasteiger partial charge in [-0.3, -0.25) is 24.0 Å². The number of nitrogens with zero attached hydrogens (tertiary/aromatic N) is 3. The van der Waals surface area contributed by atoms with Gasteiger partial charge in [0.15, 0.2) is 6.10 Å². The molecule has 1 aromatic heterocycles. The minimum Gasteiger partial charge on any atom is -0.455 e. The molecule has 1 unspecified atom stereocenters. The van der Waals surface area contributed by atoms with E-state index in [1.165, 1.54) is 24.9 Å². The van der Waals surface area contributed by atoms with Crippen molar-refractivity contribution in [3.05, 3.63) is 83.3 Å². The Morgan fingerprint density at radius 1 is 1.05 bits per heavy atom. The highest BCUT2D eigenvalue weighted by Gasteiger charge is 2.35. The van der Waals surface area contributed by atoms with Crippen LogP contribution >= 0.6 is 23.1 Å². The van der Waals surface area contributed by atoms with Crippen LogP contribution in [0.25, 0.3) is 0 Å². The zero-order chi connectivity index (χ0) is 42.6. The zero-order valence-electron chi connectivity index (χ0n) is 34.4. The highest BCUT2D eigenvalue weighted by atomic mass is 32.2. The van der Waals surface area contributed by atoms with Gasteiger partial charge >= 0.3 is 5.97 Å². The number of anilines is 2. The Bertz CT molecular complexity index is 1820. The third kappa shape index (κ3) is 15.5. The van der Waals surface area contributed by atoms with E-state index in [-0.39, 0.29) is 41.5 Å². The van der Waals surface area contributed by atoms with Crippen LogP contribution in [0.3, 0.4) is 0 Å². The van der Waals surface area contributed by atoms with Crippen LogP contribution < -0.4 is 21.7 Å². The Labute approximate surface area is 351 Å². The third-order valence-corrected chi connectivity index (χ3v) is 11.6. The summed E-state index contributed by atoms with van der Waals surface area (Å²) in [5.74, 6) is -2.89. The molecule has 0 bridgehead atoms. The number of aliphatic imine (C=N–C) groups is 1. The number of aromatic nitrogens is 1. The van der Waals surface area contributed by atoms with Crippen molar-refractivity contribution < 1.29 is 28.7 Å². The quantitative estimate of drug-likeness (QED) is 0.0184. The Morgan fingerprint density at radius 2 is 1.76 bits per heavy atom. The molecule has 0 saturated carbocycles. The average molecular weight is 834 g/mol. The van der Waals surface area contributed by atoms with Gasteiger partial charge in [-0.1, -0.05) is 51.5 Å². The lowest BCUT2D eigenvalue weighted by molar-refractivity contribution is -0.148. The van der Waals surface area contributed by atoms with Crippen LogP contribution in [0.2, 0.25) is 0 Å². The first-order valence-electron chi connectivity index (χ1n) is 19.7. The van der Waals surface area contributed by atoms with Crippen LogP contribution in [0.1, 0.15) is 87.8 Å². The number of allylic oxidation sites excluding steroid dienone is 1. The number of nitrogen functional groups attached to an aromatic ring is 1. The van der Waals surface area contributed by atoms with E-state index < -0.39 is 41.9 Å². The maximum atomic E-state index is 14.2. The van der Waals surface area contributed by atoms with Gasteiger partial charge in [-0.15, -0.1) is 29.7 Å². The van der Waals surface area contributed by atoms with E-state index in [0.29, 0.717) is 29.2 Å². The van der Waals surface area contributed by atoms with E-state index in [9.17, 15) is 24.0 Å². The Kier molecular flexibility index (Phi) is 20.3. The van der Waals surface area contributed by atoms with Crippen molar-refractivity contribution in [2.24, 2.45) is 22.7 Å². The van der Waals surface area contributed by atoms with Crippen LogP contribution in [0.15, 0.2) is 82.5 Å². The number of nitrogens with two attached hydrogens (primary N) is 1. The van der Waals surface area contributed by atoms with Crippen molar-refractivity contribution in [1.82, 2.24) is 20.5 Å². The second-order valence-corrected chi connectivity index (χ2v) is 16.3. The molecule has 0 saturated heterocycles. The Hall–Kier alpha value is -4.86. The van der Waals surface area contributed by atoms with Crippen LogP contribution in [-0.4, -0.2) is 84.2 Å². The predicted octanol–water partition coefficient (Wildman–Crippen LogP) is 6.94. The van der Waals surface area contributed by atoms with E-state index in [4.69, 9.17) is 10.5 Å². The number of thioether (sulfide) groups is 1. The van der Waals surface area contributed by atoms with Crippen LogP contribution in [0.4, 0.5) is 11.4 Å². The van der Waals surface area contributed by atoms with Crippen molar-refractivity contribution in [3.8, 4) is 0 Å². The summed E-state index contributed by atoms with van der Waals surface area (Å²) in [4.78, 5) is 77.8. The minimum atomic E-state index is -0.938. The number of nitrogens with one attached hydrogen (secondary N) is 3. The molecule has 3 aromatic rings. The van der Waals surface area contributed by atoms with Crippen LogP contribution in [-0.2, 0) is 23.9 Å². The van der Waals surface area contributed by atoms with Crippen molar-refractivity contribution in [2.45, 2.75) is 89.3 Å². The summed E-state index contributed by atoms with van der Waals surface area (Å²) >= 11 is 2.57. The highest BCUT2D eigenvalue weighted by molar-refractivity contribution is 7.99. The number of carbonyl (C=O) groups is 5. The molecular weight excluding hydrogens is 775 g/mol. The van der Waals surface area contributed by atoms with Gasteiger partial charge in [-0.2, -0.15) is 0 Å². The van der Waals surface area contributed by atoms with Crippen molar-refractivity contribution in [1.29, 1.82) is 0 Å². The third-order valence-electron chi connectivity index (χ3n) is 9.59. The number of hydrogen-bond acceptors (Lipinski definition) is 11. The lowest BCUT2D eigenvalue weighted by atomic mass is 9.88. The number of benzene rings is 2. The number of carbonyl (C=O) groups excluding carboxylic acids is 5. The second-order valence-electron chi connectivity index (χ2n) is 14.3. The second kappa shape index (κ2) is 24.8. The Balaban J connectivity index is 1.81. The number of ether oxygens (including phenoxy) is 1. The van der Waals surface area contributed by atoms with Crippen molar-refractivity contribution in [3.63, 3.8) is 0 Å². The molecule has 314 valence electrons. The van der Waals surface area contributed by atoms with E-state index in [1.54, 1.807) is 47.7 Å². The summed E-state index contributed by atoms with van der Waals surface area (Å²) < 4.78 is 5.78. The molecular formula is C43H59N7O6S2. The molecule has 0 aliphatic carbocycles. The van der Waals surface area contributed by atoms with E-state index in [1.807, 2.05) is 58.2 Å². The van der Waals surface area contributed by atoms with Gasteiger partial charge in [-0.05, 0) is 81.1 Å². The summed E-state index contributed by atoms with van der Waals surface area (Å²) in [6.45, 7) is 12.0. The SMILES string of the molecule is C=C[C@@H](CC)C(C=NC(=O)CCCCCNC)C(=O)N(C)[C@H](C[C@@H](OC(C)=O)c1nc(C(=O)N[C@@H](CSc2ccccc2)C(=O)Nc2ccc(N)cc2)cs1)C(C)C. The molecule has 15 heteroatoms. The van der Waals surface area contributed by atoms with Gasteiger partial charge in [0.1, 0.15) is 16.7 Å². The fraction of sp³-hybridized carbons (Fsp3) is 0.465. The van der Waals surface area contributed by atoms with Gasteiger partial charge in [-0.25, -0.2) is 9.98 Å². The molecule has 0 radical (unpaired) electrons. The minimum absolute atomic E-state index is 0.0532. The van der Waals surface area contributed by atoms with Gasteiger partial charge in [0.05, 0.1) is 5.92 Å². The highest BCUT2D eigenvalue weighted by Crippen LogP contribution is 2.32. The summed E-state index contributed by atoms with van der Waals surface area (Å²) in [6.07, 6.45) is 5.97. The largest absolute Gasteiger partial charge is 0.455 e. The molecule has 5 N–H and O–H groups in total. The molecule has 0 fully saturated rings. The van der Waals surface area contributed by atoms with Gasteiger partial charge < -0.3 is 31.3 Å². The van der Waals surface area contributed by atoms with Crippen molar-refractivity contribution in [2.75, 3.05) is 37.4 Å². The smallest absolute Gasteiger partial charge is 0.303 e. The first-order valence-corrected chi connectivity index (χ1v) is 21.5. The average Bonchev–Trinajstić information content (AvgIpc) is 3.70. The lowest BCUT2D eigenvalue weighted by Crippen LogP contribution is -2.46. The monoisotopic (exact) mass is 833 g/mol. The summed E-state index contributed by atoms with van der Waals surface area (Å²) in [6, 6.07) is 14.9. The zero-order valence-corrected chi connectivity index (χ0v) is 36.1. The van der Waals surface area contributed by atoms with Crippen molar-refractivity contribution >= 4 is 70.3 Å².